The molecule has 0 atom stereocenters. The number of hydrogen-bond acceptors (Lipinski definition) is 8. The number of thioether (sulfide) groups is 1. The molecule has 0 unspecified atom stereocenters. The number of carbonyl (C=O) groups is 3. The largest absolute Gasteiger partial charge is 0.462 e. The van der Waals surface area contributed by atoms with Crippen LogP contribution in [-0.4, -0.2) is 42.2 Å². The average molecular weight is 412 g/mol. The first-order valence-corrected chi connectivity index (χ1v) is 9.97. The maximum atomic E-state index is 12.3. The summed E-state index contributed by atoms with van der Waals surface area (Å²) in [7, 11) is 1.50. The minimum absolute atomic E-state index is 0.0495. The first-order chi connectivity index (χ1) is 12.8. The van der Waals surface area contributed by atoms with Gasteiger partial charge >= 0.3 is 5.97 Å². The van der Waals surface area contributed by atoms with Gasteiger partial charge in [0.05, 0.1) is 28.5 Å². The van der Waals surface area contributed by atoms with Crippen LogP contribution in [0.5, 0.6) is 0 Å². The predicted molar refractivity (Wildman–Crippen MR) is 104 cm³/mol. The zero-order chi connectivity index (χ0) is 20.1. The number of amides is 2. The molecule has 0 aliphatic carbocycles. The summed E-state index contributed by atoms with van der Waals surface area (Å²) in [6.45, 7) is 7.15. The smallest absolute Gasteiger partial charge is 0.341 e. The molecule has 0 fully saturated rings. The minimum Gasteiger partial charge on any atom is -0.462 e. The van der Waals surface area contributed by atoms with Crippen LogP contribution in [0.1, 0.15) is 44.0 Å². The van der Waals surface area contributed by atoms with Crippen LogP contribution in [0.15, 0.2) is 9.64 Å². The summed E-state index contributed by atoms with van der Waals surface area (Å²) in [5.41, 5.74) is 1.44. The monoisotopic (exact) mass is 411 g/mol. The molecule has 0 bridgehead atoms. The molecule has 0 aromatic carbocycles. The number of esters is 1. The van der Waals surface area contributed by atoms with Crippen molar-refractivity contribution in [3.63, 3.8) is 0 Å². The Hall–Kier alpha value is -2.33. The number of aromatic nitrogens is 1. The molecule has 0 saturated heterocycles. The summed E-state index contributed by atoms with van der Waals surface area (Å²) in [4.78, 5) is 41.2. The van der Waals surface area contributed by atoms with Crippen molar-refractivity contribution in [1.29, 1.82) is 0 Å². The highest BCUT2D eigenvalue weighted by molar-refractivity contribution is 7.99. The molecular formula is C17H21N3O5S2. The third-order valence-electron chi connectivity index (χ3n) is 3.65. The number of nitrogens with one attached hydrogen (secondary N) is 2. The number of thiophene rings is 1. The van der Waals surface area contributed by atoms with Gasteiger partial charge in [0, 0.05) is 7.05 Å². The number of ether oxygens (including phenoxy) is 1. The summed E-state index contributed by atoms with van der Waals surface area (Å²) in [6.07, 6.45) is 0. The lowest BCUT2D eigenvalue weighted by Crippen LogP contribution is -2.18. The lowest BCUT2D eigenvalue weighted by molar-refractivity contribution is -0.113. The van der Waals surface area contributed by atoms with Gasteiger partial charge in [0.15, 0.2) is 0 Å². The van der Waals surface area contributed by atoms with Crippen molar-refractivity contribution in [2.45, 2.75) is 32.9 Å². The molecule has 0 aliphatic rings. The van der Waals surface area contributed by atoms with E-state index in [1.807, 2.05) is 6.92 Å². The first kappa shape index (κ1) is 21.0. The van der Waals surface area contributed by atoms with Crippen LogP contribution in [0.3, 0.4) is 0 Å². The second-order valence-corrected chi connectivity index (χ2v) is 7.47. The number of carbonyl (C=O) groups excluding carboxylic acids is 3. The van der Waals surface area contributed by atoms with Crippen LogP contribution in [0.25, 0.3) is 0 Å². The van der Waals surface area contributed by atoms with E-state index in [4.69, 9.17) is 9.15 Å². The van der Waals surface area contributed by atoms with E-state index in [1.54, 1.807) is 20.8 Å². The van der Waals surface area contributed by atoms with Crippen molar-refractivity contribution in [2.75, 3.05) is 24.7 Å². The Bertz CT molecular complexity index is 853. The van der Waals surface area contributed by atoms with Crippen molar-refractivity contribution in [2.24, 2.45) is 0 Å². The van der Waals surface area contributed by atoms with E-state index >= 15 is 0 Å². The van der Waals surface area contributed by atoms with E-state index in [9.17, 15) is 14.4 Å². The Balaban J connectivity index is 2.18. The standard InChI is InChI=1S/C17H21N3O5S2/c1-6-24-16(23)12-8(2)13(14(22)18-5)27-15(12)20-11(21)7-26-17-19-9(3)10(4)25-17/h6-7H2,1-5H3,(H,18,22)(H,20,21). The number of anilines is 1. The van der Waals surface area contributed by atoms with E-state index < -0.39 is 5.97 Å². The summed E-state index contributed by atoms with van der Waals surface area (Å²) < 4.78 is 10.5. The number of oxazole rings is 1. The number of rotatable bonds is 7. The van der Waals surface area contributed by atoms with Gasteiger partial charge in [-0.25, -0.2) is 9.78 Å². The molecule has 146 valence electrons. The summed E-state index contributed by atoms with van der Waals surface area (Å²) in [5, 5.41) is 5.90. The second kappa shape index (κ2) is 9.05. The Labute approximate surface area is 165 Å². The van der Waals surface area contributed by atoms with Gasteiger partial charge in [-0.15, -0.1) is 11.3 Å². The quantitative estimate of drug-likeness (QED) is 0.532. The number of aryl methyl sites for hydroxylation is 2. The van der Waals surface area contributed by atoms with E-state index in [-0.39, 0.29) is 34.7 Å². The van der Waals surface area contributed by atoms with Gasteiger partial charge in [0.1, 0.15) is 10.8 Å². The van der Waals surface area contributed by atoms with Crippen LogP contribution in [0.2, 0.25) is 0 Å². The second-order valence-electron chi connectivity index (χ2n) is 5.52. The minimum atomic E-state index is -0.580. The molecule has 2 amide bonds. The molecule has 2 aromatic rings. The third kappa shape index (κ3) is 4.89. The van der Waals surface area contributed by atoms with Gasteiger partial charge in [0.2, 0.25) is 5.91 Å². The zero-order valence-corrected chi connectivity index (χ0v) is 17.4. The summed E-state index contributed by atoms with van der Waals surface area (Å²) >= 11 is 2.18. The molecule has 0 spiro atoms. The lowest BCUT2D eigenvalue weighted by Gasteiger charge is -2.06. The van der Waals surface area contributed by atoms with Crippen LogP contribution < -0.4 is 10.6 Å². The van der Waals surface area contributed by atoms with Crippen molar-refractivity contribution in [3.8, 4) is 0 Å². The molecule has 0 aliphatic heterocycles. The fraction of sp³-hybridized carbons (Fsp3) is 0.412. The van der Waals surface area contributed by atoms with E-state index in [1.165, 1.54) is 7.05 Å². The number of hydrogen-bond donors (Lipinski definition) is 2. The van der Waals surface area contributed by atoms with Gasteiger partial charge in [-0.3, -0.25) is 9.59 Å². The highest BCUT2D eigenvalue weighted by atomic mass is 32.2. The highest BCUT2D eigenvalue weighted by Gasteiger charge is 2.26. The molecule has 0 saturated carbocycles. The molecule has 0 radical (unpaired) electrons. The molecule has 2 aromatic heterocycles. The van der Waals surface area contributed by atoms with Crippen LogP contribution >= 0.6 is 23.1 Å². The van der Waals surface area contributed by atoms with E-state index in [0.717, 1.165) is 28.8 Å². The molecule has 27 heavy (non-hydrogen) atoms. The van der Waals surface area contributed by atoms with Crippen molar-refractivity contribution in [1.82, 2.24) is 10.3 Å². The summed E-state index contributed by atoms with van der Waals surface area (Å²) in [5.74, 6) is -0.504. The van der Waals surface area contributed by atoms with Gasteiger partial charge in [-0.1, -0.05) is 11.8 Å². The molecule has 2 rings (SSSR count). The van der Waals surface area contributed by atoms with Gasteiger partial charge in [-0.2, -0.15) is 0 Å². The maximum absolute atomic E-state index is 12.3. The van der Waals surface area contributed by atoms with E-state index in [2.05, 4.69) is 15.6 Å². The van der Waals surface area contributed by atoms with Gasteiger partial charge in [0.25, 0.3) is 11.1 Å². The lowest BCUT2D eigenvalue weighted by atomic mass is 10.1. The van der Waals surface area contributed by atoms with Crippen molar-refractivity contribution in [3.05, 3.63) is 27.5 Å². The van der Waals surface area contributed by atoms with Gasteiger partial charge in [-0.05, 0) is 33.3 Å². The van der Waals surface area contributed by atoms with Gasteiger partial charge < -0.3 is 19.8 Å². The molecule has 2 N–H and O–H groups in total. The van der Waals surface area contributed by atoms with Crippen LogP contribution in [-0.2, 0) is 9.53 Å². The normalized spacial score (nSPS) is 10.6. The van der Waals surface area contributed by atoms with Crippen LogP contribution in [0.4, 0.5) is 5.00 Å². The SMILES string of the molecule is CCOC(=O)c1c(NC(=O)CSc2nc(C)c(C)o2)sc(C(=O)NC)c1C. The van der Waals surface area contributed by atoms with Crippen molar-refractivity contribution < 1.29 is 23.5 Å². The molecule has 8 nitrogen and oxygen atoms in total. The Morgan fingerprint density at radius 3 is 2.52 bits per heavy atom. The molecular weight excluding hydrogens is 390 g/mol. The fourth-order valence-corrected chi connectivity index (χ4v) is 4.05. The van der Waals surface area contributed by atoms with E-state index in [0.29, 0.717) is 21.4 Å². The highest BCUT2D eigenvalue weighted by Crippen LogP contribution is 2.34. The molecule has 10 heteroatoms. The Morgan fingerprint density at radius 2 is 1.96 bits per heavy atom. The van der Waals surface area contributed by atoms with Crippen molar-refractivity contribution >= 4 is 45.9 Å². The Morgan fingerprint density at radius 1 is 1.26 bits per heavy atom. The topological polar surface area (TPSA) is 111 Å². The number of nitrogens with zero attached hydrogens (tertiary/aromatic N) is 1. The fourth-order valence-electron chi connectivity index (χ4n) is 2.18. The predicted octanol–water partition coefficient (Wildman–Crippen LogP) is 2.93. The molecule has 2 heterocycles. The Kier molecular flexibility index (Phi) is 7.03. The third-order valence-corrected chi connectivity index (χ3v) is 5.68. The summed E-state index contributed by atoms with van der Waals surface area (Å²) in [6, 6.07) is 0. The first-order valence-electron chi connectivity index (χ1n) is 8.17. The average Bonchev–Trinajstić information content (AvgIpc) is 3.11. The zero-order valence-electron chi connectivity index (χ0n) is 15.7. The maximum Gasteiger partial charge on any atom is 0.341 e. The van der Waals surface area contributed by atoms with Crippen LogP contribution in [0, 0.1) is 20.8 Å².